The minimum atomic E-state index is -1.21. The molecule has 2 aliphatic rings. The molecule has 3 rings (SSSR count). The molecule has 0 spiro atoms. The van der Waals surface area contributed by atoms with Gasteiger partial charge >= 0.3 is 0 Å². The first kappa shape index (κ1) is 43.1. The van der Waals surface area contributed by atoms with Crippen LogP contribution in [0.5, 0.6) is 0 Å². The minimum absolute atomic E-state index is 0.0281. The second kappa shape index (κ2) is 26.5. The Morgan fingerprint density at radius 1 is 0.774 bits per heavy atom. The normalized spacial score (nSPS) is 18.5. The van der Waals surface area contributed by atoms with Crippen molar-refractivity contribution in [2.45, 2.75) is 70.8 Å². The van der Waals surface area contributed by atoms with Crippen LogP contribution in [-0.2, 0) is 29.5 Å². The van der Waals surface area contributed by atoms with Crippen LogP contribution < -0.4 is 10.6 Å². The van der Waals surface area contributed by atoms with Crippen molar-refractivity contribution in [2.75, 3.05) is 65.6 Å². The van der Waals surface area contributed by atoms with Crippen LogP contribution in [0.15, 0.2) is 115 Å². The molecular weight excluding hydrogens is 665 g/mol. The molecule has 0 bridgehead atoms. The lowest BCUT2D eigenvalue weighted by Gasteiger charge is -2.30. The fourth-order valence-electron chi connectivity index (χ4n) is 5.78. The van der Waals surface area contributed by atoms with Gasteiger partial charge in [0.25, 0.3) is 5.91 Å². The van der Waals surface area contributed by atoms with E-state index in [4.69, 9.17) is 9.47 Å². The van der Waals surface area contributed by atoms with Gasteiger partial charge in [-0.25, -0.2) is 0 Å². The molecule has 2 aliphatic heterocycles. The molecule has 288 valence electrons. The number of morpholine rings is 1. The summed E-state index contributed by atoms with van der Waals surface area (Å²) in [5, 5.41) is 5.96. The number of nitrogens with zero attached hydrogens (tertiary/aromatic N) is 2. The summed E-state index contributed by atoms with van der Waals surface area (Å²) >= 11 is 0. The highest BCUT2D eigenvalue weighted by Crippen LogP contribution is 2.34. The van der Waals surface area contributed by atoms with Gasteiger partial charge in [0.2, 0.25) is 11.7 Å². The molecule has 1 aromatic carbocycles. The maximum absolute atomic E-state index is 12.9. The van der Waals surface area contributed by atoms with Crippen LogP contribution in [0.1, 0.15) is 70.8 Å². The zero-order valence-electron chi connectivity index (χ0n) is 32.1. The third-order valence-corrected chi connectivity index (χ3v) is 9.03. The second-order valence-corrected chi connectivity index (χ2v) is 13.2. The summed E-state index contributed by atoms with van der Waals surface area (Å²) < 4.78 is 11.4. The highest BCUT2D eigenvalue weighted by molar-refractivity contribution is 6.07. The smallest absolute Gasteiger partial charge is 0.286 e. The van der Waals surface area contributed by atoms with Crippen molar-refractivity contribution in [1.82, 2.24) is 20.4 Å². The molecule has 0 aliphatic carbocycles. The van der Waals surface area contributed by atoms with Crippen LogP contribution >= 0.6 is 0 Å². The summed E-state index contributed by atoms with van der Waals surface area (Å²) in [6.45, 7) is 11.0. The molecular formula is C44H62N4O5. The fraction of sp³-hybridized carbons (Fsp3) is 0.477. The maximum Gasteiger partial charge on any atom is 0.286 e. The quantitative estimate of drug-likeness (QED) is 0.108. The zero-order valence-corrected chi connectivity index (χ0v) is 32.1. The second-order valence-electron chi connectivity index (χ2n) is 13.2. The number of amides is 2. The van der Waals surface area contributed by atoms with E-state index in [1.54, 1.807) is 6.92 Å². The largest absolute Gasteiger partial charge is 0.469 e. The van der Waals surface area contributed by atoms with E-state index in [-0.39, 0.29) is 17.4 Å². The number of carbonyl (C=O) groups excluding carboxylic acids is 3. The van der Waals surface area contributed by atoms with Gasteiger partial charge in [0.1, 0.15) is 0 Å². The highest BCUT2D eigenvalue weighted by Gasteiger charge is 2.43. The van der Waals surface area contributed by atoms with Gasteiger partial charge < -0.3 is 20.1 Å². The average molecular weight is 727 g/mol. The lowest BCUT2D eigenvalue weighted by Crippen LogP contribution is -2.45. The van der Waals surface area contributed by atoms with Gasteiger partial charge in [-0.1, -0.05) is 110 Å². The van der Waals surface area contributed by atoms with Crippen molar-refractivity contribution in [3.63, 3.8) is 0 Å². The molecule has 0 radical (unpaired) electrons. The molecule has 0 aromatic heterocycles. The van der Waals surface area contributed by atoms with E-state index >= 15 is 0 Å². The van der Waals surface area contributed by atoms with Crippen molar-refractivity contribution in [3.05, 3.63) is 121 Å². The van der Waals surface area contributed by atoms with Gasteiger partial charge in [0.05, 0.1) is 13.2 Å². The van der Waals surface area contributed by atoms with E-state index in [2.05, 4.69) is 100 Å². The number of carbonyl (C=O) groups is 3. The molecule has 9 nitrogen and oxygen atoms in total. The SMILES string of the molecule is CCC=CCC=CCC=CCC=CCC=CCC=CCCC(=O)NCCN(CCNC(=O)C1=CC(=O)C(C)(c2ccccc2)O1)CCN1CCOCC1. The van der Waals surface area contributed by atoms with Gasteiger partial charge in [-0.3, -0.25) is 24.2 Å². The molecule has 1 aromatic rings. The number of ketones is 1. The van der Waals surface area contributed by atoms with Gasteiger partial charge in [-0.2, -0.15) is 0 Å². The monoisotopic (exact) mass is 726 g/mol. The number of nitrogens with one attached hydrogen (secondary N) is 2. The number of allylic oxidation sites excluding steroid dienone is 12. The van der Waals surface area contributed by atoms with Crippen LogP contribution in [0, 0.1) is 0 Å². The highest BCUT2D eigenvalue weighted by atomic mass is 16.5. The summed E-state index contributed by atoms with van der Waals surface area (Å²) in [5.74, 6) is -0.603. The van der Waals surface area contributed by atoms with Crippen molar-refractivity contribution >= 4 is 17.6 Å². The van der Waals surface area contributed by atoms with E-state index in [0.29, 0.717) is 44.6 Å². The van der Waals surface area contributed by atoms with Crippen molar-refractivity contribution in [2.24, 2.45) is 0 Å². The standard InChI is InChI=1S/C44H62N4O5/c1-3-4-5-6-7-8-9-10-11-12-13-14-15-16-17-18-19-20-24-27-42(50)45-28-30-47(32-33-48-34-36-52-37-35-48)31-29-46-43(51)40-38-41(49)44(2,53-40)39-25-22-21-23-26-39/h4-5,7-8,10-11,13-14,16-17,19-23,25-26,38H,3,6,9,12,15,18,24,27-37H2,1-2H3,(H,45,50)(H,46,51). The molecule has 1 atom stereocenters. The summed E-state index contributed by atoms with van der Waals surface area (Å²) in [6.07, 6.45) is 34.4. The van der Waals surface area contributed by atoms with Crippen LogP contribution in [0.4, 0.5) is 0 Å². The molecule has 0 saturated carbocycles. The van der Waals surface area contributed by atoms with Crippen molar-refractivity contribution < 1.29 is 23.9 Å². The molecule has 9 heteroatoms. The number of hydrogen-bond acceptors (Lipinski definition) is 7. The lowest BCUT2D eigenvalue weighted by atomic mass is 9.92. The summed E-state index contributed by atoms with van der Waals surface area (Å²) in [5.41, 5.74) is -0.500. The minimum Gasteiger partial charge on any atom is -0.469 e. The molecule has 2 amide bonds. The number of ether oxygens (including phenoxy) is 2. The van der Waals surface area contributed by atoms with E-state index < -0.39 is 11.5 Å². The summed E-state index contributed by atoms with van der Waals surface area (Å²) in [6, 6.07) is 9.20. The Morgan fingerprint density at radius 3 is 1.91 bits per heavy atom. The van der Waals surface area contributed by atoms with Crippen LogP contribution in [0.3, 0.4) is 0 Å². The number of rotatable bonds is 25. The van der Waals surface area contributed by atoms with Crippen LogP contribution in [-0.4, -0.2) is 93.0 Å². The van der Waals surface area contributed by atoms with Crippen LogP contribution in [0.25, 0.3) is 0 Å². The summed E-state index contributed by atoms with van der Waals surface area (Å²) in [7, 11) is 0. The van der Waals surface area contributed by atoms with E-state index in [9.17, 15) is 14.4 Å². The zero-order chi connectivity index (χ0) is 37.8. The third kappa shape index (κ3) is 17.8. The third-order valence-electron chi connectivity index (χ3n) is 9.03. The maximum atomic E-state index is 12.9. The first-order valence-corrected chi connectivity index (χ1v) is 19.4. The molecule has 1 unspecified atom stereocenters. The van der Waals surface area contributed by atoms with Gasteiger partial charge in [0, 0.05) is 70.4 Å². The Bertz CT molecular complexity index is 1440. The van der Waals surface area contributed by atoms with Gasteiger partial charge in [-0.05, 0) is 51.9 Å². The molecule has 53 heavy (non-hydrogen) atoms. The average Bonchev–Trinajstić information content (AvgIpc) is 3.49. The van der Waals surface area contributed by atoms with Crippen molar-refractivity contribution in [1.29, 1.82) is 0 Å². The molecule has 1 saturated heterocycles. The number of benzene rings is 1. The predicted molar refractivity (Wildman–Crippen MR) is 215 cm³/mol. The van der Waals surface area contributed by atoms with Crippen LogP contribution in [0.2, 0.25) is 0 Å². The molecule has 1 fully saturated rings. The van der Waals surface area contributed by atoms with E-state index in [1.807, 2.05) is 30.3 Å². The number of hydrogen-bond donors (Lipinski definition) is 2. The molecule has 2 N–H and O–H groups in total. The van der Waals surface area contributed by atoms with E-state index in [0.717, 1.165) is 77.9 Å². The van der Waals surface area contributed by atoms with Gasteiger partial charge in [0.15, 0.2) is 11.4 Å². The Hall–Kier alpha value is -4.31. The Labute approximate surface area is 318 Å². The van der Waals surface area contributed by atoms with Crippen molar-refractivity contribution in [3.8, 4) is 0 Å². The first-order valence-electron chi connectivity index (χ1n) is 19.4. The Kier molecular flexibility index (Phi) is 21.5. The topological polar surface area (TPSA) is 100 Å². The predicted octanol–water partition coefficient (Wildman–Crippen LogP) is 6.73. The fourth-order valence-corrected chi connectivity index (χ4v) is 5.78. The van der Waals surface area contributed by atoms with E-state index in [1.165, 1.54) is 6.08 Å². The van der Waals surface area contributed by atoms with Gasteiger partial charge in [-0.15, -0.1) is 0 Å². The molecule has 2 heterocycles. The Balaban J connectivity index is 1.29. The first-order chi connectivity index (χ1) is 25.9. The Morgan fingerprint density at radius 2 is 1.32 bits per heavy atom. The summed E-state index contributed by atoms with van der Waals surface area (Å²) in [4.78, 5) is 42.8. The lowest BCUT2D eigenvalue weighted by molar-refractivity contribution is -0.132.